The molecule has 3 rings (SSSR count). The minimum absolute atomic E-state index is 0.155. The van der Waals surface area contributed by atoms with Gasteiger partial charge in [-0.2, -0.15) is 0 Å². The molecule has 28 heavy (non-hydrogen) atoms. The molecule has 0 spiro atoms. The Kier molecular flexibility index (Phi) is 7.92. The van der Waals surface area contributed by atoms with Gasteiger partial charge in [0.1, 0.15) is 29.9 Å². The minimum atomic E-state index is -1.36. The van der Waals surface area contributed by atoms with Crippen molar-refractivity contribution >= 4 is 29.3 Å². The molecule has 0 bridgehead atoms. The van der Waals surface area contributed by atoms with Crippen molar-refractivity contribution in [2.24, 2.45) is 11.8 Å². The fourth-order valence-electron chi connectivity index (χ4n) is 4.13. The highest BCUT2D eigenvalue weighted by Crippen LogP contribution is 2.35. The maximum absolute atomic E-state index is 12.8. The average Bonchev–Trinajstić information content (AvgIpc) is 3.45. The van der Waals surface area contributed by atoms with E-state index >= 15 is 0 Å². The summed E-state index contributed by atoms with van der Waals surface area (Å²) in [7, 11) is 0. The summed E-state index contributed by atoms with van der Waals surface area (Å²) < 4.78 is 5.79. The van der Waals surface area contributed by atoms with E-state index in [4.69, 9.17) is 16.3 Å². The molecule has 162 valence electrons. The van der Waals surface area contributed by atoms with Crippen molar-refractivity contribution in [1.82, 2.24) is 10.6 Å². The lowest BCUT2D eigenvalue weighted by Gasteiger charge is -2.45. The van der Waals surface area contributed by atoms with Gasteiger partial charge >= 0.3 is 0 Å². The molecular weight excluding hydrogens is 404 g/mol. The van der Waals surface area contributed by atoms with Gasteiger partial charge in [0.2, 0.25) is 5.91 Å². The van der Waals surface area contributed by atoms with Crippen LogP contribution < -0.4 is 10.6 Å². The second kappa shape index (κ2) is 9.81. The molecule has 2 aliphatic heterocycles. The van der Waals surface area contributed by atoms with Gasteiger partial charge in [-0.15, -0.1) is 23.4 Å². The zero-order valence-electron chi connectivity index (χ0n) is 16.5. The van der Waals surface area contributed by atoms with Crippen LogP contribution in [0.4, 0.5) is 0 Å². The predicted molar refractivity (Wildman–Crippen MR) is 109 cm³/mol. The van der Waals surface area contributed by atoms with E-state index in [9.17, 15) is 20.1 Å². The number of thioether (sulfide) groups is 1. The van der Waals surface area contributed by atoms with E-state index in [-0.39, 0.29) is 11.9 Å². The largest absolute Gasteiger partial charge is 0.388 e. The van der Waals surface area contributed by atoms with Crippen LogP contribution in [-0.4, -0.2) is 81.3 Å². The van der Waals surface area contributed by atoms with Crippen molar-refractivity contribution in [3.05, 3.63) is 0 Å². The molecule has 1 amide bonds. The molecule has 5 N–H and O–H groups in total. The molecule has 0 aromatic heterocycles. The smallest absolute Gasteiger partial charge is 0.237 e. The molecule has 1 aliphatic carbocycles. The molecule has 0 aromatic rings. The summed E-state index contributed by atoms with van der Waals surface area (Å²) in [5, 5.41) is 36.2. The molecule has 9 heteroatoms. The highest BCUT2D eigenvalue weighted by atomic mass is 35.5. The van der Waals surface area contributed by atoms with Crippen molar-refractivity contribution in [3.8, 4) is 0 Å². The van der Waals surface area contributed by atoms with Crippen LogP contribution in [0.25, 0.3) is 0 Å². The summed E-state index contributed by atoms with van der Waals surface area (Å²) in [4.78, 5) is 12.8. The van der Waals surface area contributed by atoms with E-state index in [0.29, 0.717) is 5.92 Å². The third-order valence-electron chi connectivity index (χ3n) is 6.23. The quantitative estimate of drug-likeness (QED) is 0.333. The standard InChI is InChI=1S/C19H33ClN2O5S/c1-9(20)12(17-15(24)14(23)16(25)19(27-17)28-2)22-18(26)13-11(8-21-13)5-3-4-10-6-7-10/h9-17,19,21,23-25H,3-8H2,1-2H3,(H,22,26)/t9?,11?,12?,13?,14-,15+,16+,17+,19+/m0/s1. The van der Waals surface area contributed by atoms with Gasteiger partial charge in [-0.1, -0.05) is 25.7 Å². The molecule has 0 aromatic carbocycles. The van der Waals surface area contributed by atoms with E-state index < -0.39 is 41.3 Å². The van der Waals surface area contributed by atoms with Gasteiger partial charge in [-0.05, 0) is 31.4 Å². The third-order valence-corrected chi connectivity index (χ3v) is 7.36. The lowest BCUT2D eigenvalue weighted by Crippen LogP contribution is -2.67. The number of aliphatic hydroxyl groups excluding tert-OH is 3. The third kappa shape index (κ3) is 5.14. The van der Waals surface area contributed by atoms with Gasteiger partial charge in [-0.3, -0.25) is 4.79 Å². The molecule has 0 radical (unpaired) electrons. The van der Waals surface area contributed by atoms with Crippen LogP contribution in [-0.2, 0) is 9.53 Å². The van der Waals surface area contributed by atoms with Gasteiger partial charge in [0.25, 0.3) is 0 Å². The Hall–Kier alpha value is -0.0900. The molecule has 3 fully saturated rings. The Labute approximate surface area is 175 Å². The maximum Gasteiger partial charge on any atom is 0.237 e. The normalized spacial score (nSPS) is 40.4. The predicted octanol–water partition coefficient (Wildman–Crippen LogP) is 0.437. The summed E-state index contributed by atoms with van der Waals surface area (Å²) in [5.41, 5.74) is -0.699. The number of hydrogen-bond donors (Lipinski definition) is 5. The Morgan fingerprint density at radius 1 is 1.25 bits per heavy atom. The molecular formula is C19H33ClN2O5S. The van der Waals surface area contributed by atoms with E-state index in [1.165, 1.54) is 31.0 Å². The summed E-state index contributed by atoms with van der Waals surface area (Å²) in [6.07, 6.45) is 3.09. The van der Waals surface area contributed by atoms with E-state index in [1.54, 1.807) is 13.2 Å². The monoisotopic (exact) mass is 436 g/mol. The number of hydrogen-bond acceptors (Lipinski definition) is 7. The Morgan fingerprint density at radius 3 is 2.50 bits per heavy atom. The van der Waals surface area contributed by atoms with Gasteiger partial charge < -0.3 is 30.7 Å². The fraction of sp³-hybridized carbons (Fsp3) is 0.947. The average molecular weight is 437 g/mol. The zero-order chi connectivity index (χ0) is 20.4. The molecule has 9 atom stereocenters. The van der Waals surface area contributed by atoms with Gasteiger partial charge in [0, 0.05) is 6.54 Å². The van der Waals surface area contributed by atoms with Crippen molar-refractivity contribution in [2.45, 2.75) is 86.3 Å². The number of carbonyl (C=O) groups is 1. The number of amides is 1. The number of aliphatic hydroxyl groups is 3. The van der Waals surface area contributed by atoms with Crippen LogP contribution >= 0.6 is 23.4 Å². The highest BCUT2D eigenvalue weighted by Gasteiger charge is 2.48. The Balaban J connectivity index is 1.58. The zero-order valence-corrected chi connectivity index (χ0v) is 18.0. The number of halogens is 1. The first kappa shape index (κ1) is 22.6. The first-order valence-electron chi connectivity index (χ1n) is 10.2. The van der Waals surface area contributed by atoms with E-state index in [2.05, 4.69) is 10.6 Å². The molecule has 7 nitrogen and oxygen atoms in total. The maximum atomic E-state index is 12.8. The van der Waals surface area contributed by atoms with Crippen molar-refractivity contribution in [3.63, 3.8) is 0 Å². The van der Waals surface area contributed by atoms with Gasteiger partial charge in [0.05, 0.1) is 17.5 Å². The number of nitrogens with one attached hydrogen (secondary N) is 2. The lowest BCUT2D eigenvalue weighted by atomic mass is 9.85. The van der Waals surface area contributed by atoms with Crippen molar-refractivity contribution in [2.75, 3.05) is 12.8 Å². The van der Waals surface area contributed by atoms with Crippen molar-refractivity contribution < 1.29 is 24.9 Å². The summed E-state index contributed by atoms with van der Waals surface area (Å²) in [6, 6.07) is -0.944. The summed E-state index contributed by atoms with van der Waals surface area (Å²) >= 11 is 7.55. The van der Waals surface area contributed by atoms with E-state index in [0.717, 1.165) is 25.3 Å². The molecule has 3 aliphatic rings. The molecule has 1 saturated carbocycles. The lowest BCUT2D eigenvalue weighted by molar-refractivity contribution is -0.205. The van der Waals surface area contributed by atoms with Crippen LogP contribution in [0.15, 0.2) is 0 Å². The van der Waals surface area contributed by atoms with Gasteiger partial charge in [0.15, 0.2) is 0 Å². The Morgan fingerprint density at radius 2 is 1.96 bits per heavy atom. The SMILES string of the molecule is CS[C@H]1O[C@H](C(NC(=O)C2NCC2CCCC2CC2)C(C)Cl)[C@H](O)[C@H](O)[C@H]1O. The van der Waals surface area contributed by atoms with Crippen LogP contribution in [0.3, 0.4) is 0 Å². The fourth-order valence-corrected chi connectivity index (χ4v) is 5.02. The molecule has 4 unspecified atom stereocenters. The van der Waals surface area contributed by atoms with Crippen molar-refractivity contribution in [1.29, 1.82) is 0 Å². The number of rotatable bonds is 9. The van der Waals surface area contributed by atoms with E-state index in [1.807, 2.05) is 0 Å². The van der Waals surface area contributed by atoms with Crippen LogP contribution in [0.1, 0.15) is 39.0 Å². The second-order valence-electron chi connectivity index (χ2n) is 8.41. The number of carbonyl (C=O) groups excluding carboxylic acids is 1. The van der Waals surface area contributed by atoms with Crippen LogP contribution in [0, 0.1) is 11.8 Å². The number of alkyl halides is 1. The van der Waals surface area contributed by atoms with Gasteiger partial charge in [-0.25, -0.2) is 0 Å². The number of ether oxygens (including phenoxy) is 1. The first-order chi connectivity index (χ1) is 13.3. The second-order valence-corrected chi connectivity index (χ2v) is 10.0. The highest BCUT2D eigenvalue weighted by molar-refractivity contribution is 7.99. The Bertz CT molecular complexity index is 536. The first-order valence-corrected chi connectivity index (χ1v) is 12.0. The minimum Gasteiger partial charge on any atom is -0.388 e. The summed E-state index contributed by atoms with van der Waals surface area (Å²) in [5.74, 6) is 1.06. The molecule has 2 saturated heterocycles. The van der Waals surface area contributed by atoms with Crippen LogP contribution in [0.2, 0.25) is 0 Å². The van der Waals surface area contributed by atoms with Crippen LogP contribution in [0.5, 0.6) is 0 Å². The summed E-state index contributed by atoms with van der Waals surface area (Å²) in [6.45, 7) is 2.56. The molecule has 2 heterocycles. The topological polar surface area (TPSA) is 111 Å².